The van der Waals surface area contributed by atoms with E-state index in [0.717, 1.165) is 34.2 Å². The van der Waals surface area contributed by atoms with E-state index in [1.165, 1.54) is 0 Å². The number of furan rings is 1. The van der Waals surface area contributed by atoms with Crippen LogP contribution >= 0.6 is 0 Å². The van der Waals surface area contributed by atoms with Gasteiger partial charge in [-0.1, -0.05) is 18.2 Å². The molecular weight excluding hydrogens is 252 g/mol. The molecule has 0 saturated carbocycles. The van der Waals surface area contributed by atoms with Gasteiger partial charge in [0.2, 0.25) is 5.91 Å². The molecule has 1 aromatic heterocycles. The molecule has 1 fully saturated rings. The Labute approximate surface area is 116 Å². The van der Waals surface area contributed by atoms with E-state index < -0.39 is 0 Å². The first kappa shape index (κ1) is 11.5. The Bertz CT molecular complexity index is 806. The van der Waals surface area contributed by atoms with E-state index in [9.17, 15) is 4.79 Å². The SMILES string of the molecule is O=C1CNCCN1c1ccc2c(c1)oc1ccccc12. The second-order valence-electron chi connectivity index (χ2n) is 5.00. The lowest BCUT2D eigenvalue weighted by Gasteiger charge is -2.27. The Morgan fingerprint density at radius 3 is 2.80 bits per heavy atom. The minimum Gasteiger partial charge on any atom is -0.456 e. The first-order chi connectivity index (χ1) is 9.83. The topological polar surface area (TPSA) is 45.5 Å². The van der Waals surface area contributed by atoms with E-state index in [1.54, 1.807) is 0 Å². The van der Waals surface area contributed by atoms with Crippen molar-refractivity contribution >= 4 is 33.5 Å². The zero-order chi connectivity index (χ0) is 13.5. The lowest BCUT2D eigenvalue weighted by molar-refractivity contribution is -0.118. The van der Waals surface area contributed by atoms with Gasteiger partial charge in [0.1, 0.15) is 11.2 Å². The van der Waals surface area contributed by atoms with E-state index in [1.807, 2.05) is 41.3 Å². The van der Waals surface area contributed by atoms with Crippen molar-refractivity contribution in [2.45, 2.75) is 0 Å². The molecule has 0 aliphatic carbocycles. The highest BCUT2D eigenvalue weighted by molar-refractivity contribution is 6.06. The number of carbonyl (C=O) groups excluding carboxylic acids is 1. The normalized spacial score (nSPS) is 16.2. The van der Waals surface area contributed by atoms with Crippen LogP contribution in [0.15, 0.2) is 46.9 Å². The molecule has 1 aliphatic heterocycles. The monoisotopic (exact) mass is 266 g/mol. The molecule has 1 aliphatic rings. The Balaban J connectivity index is 1.86. The minimum absolute atomic E-state index is 0.103. The molecular formula is C16H14N2O2. The number of rotatable bonds is 1. The number of hydrogen-bond acceptors (Lipinski definition) is 3. The smallest absolute Gasteiger partial charge is 0.240 e. The molecule has 2 heterocycles. The van der Waals surface area contributed by atoms with Crippen molar-refractivity contribution in [2.24, 2.45) is 0 Å². The number of nitrogens with one attached hydrogen (secondary N) is 1. The third kappa shape index (κ3) is 1.69. The van der Waals surface area contributed by atoms with Crippen LogP contribution in [-0.4, -0.2) is 25.5 Å². The molecule has 4 rings (SSSR count). The van der Waals surface area contributed by atoms with Gasteiger partial charge in [0, 0.05) is 35.6 Å². The summed E-state index contributed by atoms with van der Waals surface area (Å²) >= 11 is 0. The fraction of sp³-hybridized carbons (Fsp3) is 0.188. The molecule has 3 aromatic rings. The van der Waals surface area contributed by atoms with Gasteiger partial charge in [0.25, 0.3) is 0 Å². The largest absolute Gasteiger partial charge is 0.456 e. The highest BCUT2D eigenvalue weighted by atomic mass is 16.3. The van der Waals surface area contributed by atoms with Gasteiger partial charge < -0.3 is 14.6 Å². The van der Waals surface area contributed by atoms with Crippen LogP contribution in [0.5, 0.6) is 0 Å². The summed E-state index contributed by atoms with van der Waals surface area (Å²) in [6.45, 7) is 1.92. The summed E-state index contributed by atoms with van der Waals surface area (Å²) in [4.78, 5) is 13.7. The van der Waals surface area contributed by atoms with Crippen LogP contribution in [0.25, 0.3) is 21.9 Å². The second kappa shape index (κ2) is 4.35. The minimum atomic E-state index is 0.103. The number of piperazine rings is 1. The molecule has 0 radical (unpaired) electrons. The number of fused-ring (bicyclic) bond motifs is 3. The fourth-order valence-corrected chi connectivity index (χ4v) is 2.76. The van der Waals surface area contributed by atoms with Crippen molar-refractivity contribution in [1.82, 2.24) is 5.32 Å². The third-order valence-corrected chi connectivity index (χ3v) is 3.76. The maximum Gasteiger partial charge on any atom is 0.240 e. The quantitative estimate of drug-likeness (QED) is 0.736. The molecule has 4 nitrogen and oxygen atoms in total. The zero-order valence-corrected chi connectivity index (χ0v) is 10.9. The van der Waals surface area contributed by atoms with Crippen molar-refractivity contribution in [2.75, 3.05) is 24.5 Å². The van der Waals surface area contributed by atoms with Gasteiger partial charge in [-0.15, -0.1) is 0 Å². The average Bonchev–Trinajstić information content (AvgIpc) is 2.85. The van der Waals surface area contributed by atoms with Crippen molar-refractivity contribution in [1.29, 1.82) is 0 Å². The number of anilines is 1. The molecule has 1 N–H and O–H groups in total. The standard InChI is InChI=1S/C16H14N2O2/c19-16-10-17-7-8-18(16)11-5-6-13-12-3-1-2-4-14(12)20-15(13)9-11/h1-6,9,17H,7-8,10H2. The van der Waals surface area contributed by atoms with Gasteiger partial charge >= 0.3 is 0 Å². The van der Waals surface area contributed by atoms with Crippen molar-refractivity contribution in [3.63, 3.8) is 0 Å². The van der Waals surface area contributed by atoms with Crippen LogP contribution < -0.4 is 10.2 Å². The Morgan fingerprint density at radius 2 is 1.90 bits per heavy atom. The molecule has 1 amide bonds. The second-order valence-corrected chi connectivity index (χ2v) is 5.00. The van der Waals surface area contributed by atoms with E-state index >= 15 is 0 Å². The van der Waals surface area contributed by atoms with Crippen LogP contribution in [0.3, 0.4) is 0 Å². The molecule has 1 saturated heterocycles. The molecule has 0 spiro atoms. The molecule has 0 bridgehead atoms. The lowest BCUT2D eigenvalue weighted by atomic mass is 10.1. The number of nitrogens with zero attached hydrogens (tertiary/aromatic N) is 1. The summed E-state index contributed by atoms with van der Waals surface area (Å²) in [5.41, 5.74) is 2.62. The average molecular weight is 266 g/mol. The van der Waals surface area contributed by atoms with E-state index in [2.05, 4.69) is 11.4 Å². The number of para-hydroxylation sites is 1. The summed E-state index contributed by atoms with van der Waals surface area (Å²) in [5.74, 6) is 0.103. The summed E-state index contributed by atoms with van der Waals surface area (Å²) in [6.07, 6.45) is 0. The van der Waals surface area contributed by atoms with Gasteiger partial charge in [0.05, 0.1) is 6.54 Å². The van der Waals surface area contributed by atoms with E-state index in [-0.39, 0.29) is 5.91 Å². The molecule has 20 heavy (non-hydrogen) atoms. The number of carbonyl (C=O) groups is 1. The predicted molar refractivity (Wildman–Crippen MR) is 78.9 cm³/mol. The molecule has 4 heteroatoms. The van der Waals surface area contributed by atoms with Gasteiger partial charge in [0.15, 0.2) is 0 Å². The van der Waals surface area contributed by atoms with Crippen LogP contribution in [0.1, 0.15) is 0 Å². The number of benzene rings is 2. The third-order valence-electron chi connectivity index (χ3n) is 3.76. The first-order valence-corrected chi connectivity index (χ1v) is 6.75. The van der Waals surface area contributed by atoms with Crippen LogP contribution in [-0.2, 0) is 4.79 Å². The van der Waals surface area contributed by atoms with Gasteiger partial charge in [-0.3, -0.25) is 4.79 Å². The van der Waals surface area contributed by atoms with Crippen molar-refractivity contribution < 1.29 is 9.21 Å². The first-order valence-electron chi connectivity index (χ1n) is 6.75. The molecule has 100 valence electrons. The summed E-state index contributed by atoms with van der Waals surface area (Å²) < 4.78 is 5.87. The molecule has 0 unspecified atom stereocenters. The molecule has 0 atom stereocenters. The highest BCUT2D eigenvalue weighted by Crippen LogP contribution is 2.31. The molecule has 2 aromatic carbocycles. The zero-order valence-electron chi connectivity index (χ0n) is 10.9. The van der Waals surface area contributed by atoms with Gasteiger partial charge in [-0.2, -0.15) is 0 Å². The maximum atomic E-state index is 11.9. The predicted octanol–water partition coefficient (Wildman–Crippen LogP) is 2.52. The van der Waals surface area contributed by atoms with Crippen LogP contribution in [0.4, 0.5) is 5.69 Å². The Kier molecular flexibility index (Phi) is 2.50. The Hall–Kier alpha value is -2.33. The maximum absolute atomic E-state index is 11.9. The van der Waals surface area contributed by atoms with E-state index in [4.69, 9.17) is 4.42 Å². The van der Waals surface area contributed by atoms with Gasteiger partial charge in [-0.05, 0) is 18.2 Å². The summed E-state index contributed by atoms with van der Waals surface area (Å²) in [5, 5.41) is 5.28. The summed E-state index contributed by atoms with van der Waals surface area (Å²) in [7, 11) is 0. The summed E-state index contributed by atoms with van der Waals surface area (Å²) in [6, 6.07) is 14.0. The van der Waals surface area contributed by atoms with Crippen molar-refractivity contribution in [3.05, 3.63) is 42.5 Å². The fourth-order valence-electron chi connectivity index (χ4n) is 2.76. The number of hydrogen-bond donors (Lipinski definition) is 1. The highest BCUT2D eigenvalue weighted by Gasteiger charge is 2.20. The number of amides is 1. The lowest BCUT2D eigenvalue weighted by Crippen LogP contribution is -2.48. The van der Waals surface area contributed by atoms with Gasteiger partial charge in [-0.25, -0.2) is 0 Å². The Morgan fingerprint density at radius 1 is 1.05 bits per heavy atom. The van der Waals surface area contributed by atoms with Crippen molar-refractivity contribution in [3.8, 4) is 0 Å². The van der Waals surface area contributed by atoms with Crippen LogP contribution in [0.2, 0.25) is 0 Å². The van der Waals surface area contributed by atoms with E-state index in [0.29, 0.717) is 13.1 Å². The van der Waals surface area contributed by atoms with Crippen LogP contribution in [0, 0.1) is 0 Å².